The topological polar surface area (TPSA) is 38.8 Å². The highest BCUT2D eigenvalue weighted by Gasteiger charge is 2.25. The summed E-state index contributed by atoms with van der Waals surface area (Å²) in [6.45, 7) is 1.82. The van der Waals surface area contributed by atoms with Gasteiger partial charge in [0.25, 0.3) is 5.91 Å². The van der Waals surface area contributed by atoms with Crippen molar-refractivity contribution in [3.05, 3.63) is 59.7 Å². The van der Waals surface area contributed by atoms with Gasteiger partial charge >= 0.3 is 0 Å². The Morgan fingerprint density at radius 3 is 2.80 bits per heavy atom. The van der Waals surface area contributed by atoms with E-state index < -0.39 is 0 Å². The standard InChI is InChI=1S/C20H23NO3S/c1-23-17-5-3-4-15(12-17)13-18-14-21(10-11-24-18)20(22)16-6-8-19(25-2)9-7-16/h3-9,12,18H,10-11,13-14H2,1-2H3. The van der Waals surface area contributed by atoms with Crippen LogP contribution in [0.2, 0.25) is 0 Å². The molecule has 5 heteroatoms. The van der Waals surface area contributed by atoms with E-state index in [9.17, 15) is 4.79 Å². The average molecular weight is 357 g/mol. The minimum absolute atomic E-state index is 0.00952. The van der Waals surface area contributed by atoms with E-state index in [1.54, 1.807) is 18.9 Å². The van der Waals surface area contributed by atoms with Gasteiger partial charge in [-0.2, -0.15) is 0 Å². The van der Waals surface area contributed by atoms with Crippen molar-refractivity contribution in [2.75, 3.05) is 33.1 Å². The van der Waals surface area contributed by atoms with Crippen LogP contribution in [-0.4, -0.2) is 50.0 Å². The van der Waals surface area contributed by atoms with E-state index in [2.05, 4.69) is 6.07 Å². The molecule has 0 aliphatic carbocycles. The Hall–Kier alpha value is -1.98. The summed E-state index contributed by atoms with van der Waals surface area (Å²) in [5, 5.41) is 0. The molecule has 4 nitrogen and oxygen atoms in total. The molecule has 1 fully saturated rings. The fourth-order valence-electron chi connectivity index (χ4n) is 3.01. The highest BCUT2D eigenvalue weighted by molar-refractivity contribution is 7.98. The number of amides is 1. The first-order valence-corrected chi connectivity index (χ1v) is 9.60. The van der Waals surface area contributed by atoms with Crippen LogP contribution in [0.3, 0.4) is 0 Å². The third-order valence-corrected chi connectivity index (χ3v) is 5.10. The molecule has 25 heavy (non-hydrogen) atoms. The second kappa shape index (κ2) is 8.41. The third kappa shape index (κ3) is 4.55. The van der Waals surface area contributed by atoms with Crippen molar-refractivity contribution < 1.29 is 14.3 Å². The smallest absolute Gasteiger partial charge is 0.254 e. The second-order valence-electron chi connectivity index (χ2n) is 6.03. The molecule has 1 atom stereocenters. The lowest BCUT2D eigenvalue weighted by Gasteiger charge is -2.33. The summed E-state index contributed by atoms with van der Waals surface area (Å²) in [6, 6.07) is 15.8. The molecule has 1 heterocycles. The van der Waals surface area contributed by atoms with Gasteiger partial charge in [-0.3, -0.25) is 4.79 Å². The molecule has 2 aromatic rings. The molecular formula is C20H23NO3S. The summed E-state index contributed by atoms with van der Waals surface area (Å²) < 4.78 is 11.1. The molecule has 3 rings (SSSR count). The second-order valence-corrected chi connectivity index (χ2v) is 6.91. The van der Waals surface area contributed by atoms with Crippen LogP contribution in [0.25, 0.3) is 0 Å². The first-order chi connectivity index (χ1) is 12.2. The quantitative estimate of drug-likeness (QED) is 0.768. The Kier molecular flexibility index (Phi) is 6.00. The Labute approximate surface area is 153 Å². The van der Waals surface area contributed by atoms with E-state index in [0.29, 0.717) is 19.7 Å². The van der Waals surface area contributed by atoms with Gasteiger partial charge in [0.05, 0.1) is 19.8 Å². The Morgan fingerprint density at radius 2 is 2.08 bits per heavy atom. The van der Waals surface area contributed by atoms with Gasteiger partial charge in [0.2, 0.25) is 0 Å². The molecule has 1 aliphatic heterocycles. The number of thioether (sulfide) groups is 1. The van der Waals surface area contributed by atoms with Crippen molar-refractivity contribution in [1.82, 2.24) is 4.90 Å². The molecule has 132 valence electrons. The van der Waals surface area contributed by atoms with Crippen molar-refractivity contribution in [1.29, 1.82) is 0 Å². The number of ether oxygens (including phenoxy) is 2. The molecule has 0 bridgehead atoms. The maximum absolute atomic E-state index is 12.7. The molecule has 1 aliphatic rings. The summed E-state index contributed by atoms with van der Waals surface area (Å²) in [5.74, 6) is 0.918. The number of carbonyl (C=O) groups is 1. The summed E-state index contributed by atoms with van der Waals surface area (Å²) in [5.41, 5.74) is 1.89. The predicted molar refractivity (Wildman–Crippen MR) is 101 cm³/mol. The van der Waals surface area contributed by atoms with Crippen molar-refractivity contribution in [2.45, 2.75) is 17.4 Å². The van der Waals surface area contributed by atoms with Crippen LogP contribution in [0.5, 0.6) is 5.75 Å². The number of hydrogen-bond acceptors (Lipinski definition) is 4. The van der Waals surface area contributed by atoms with E-state index in [1.807, 2.05) is 53.6 Å². The van der Waals surface area contributed by atoms with E-state index in [0.717, 1.165) is 28.2 Å². The third-order valence-electron chi connectivity index (χ3n) is 4.36. The van der Waals surface area contributed by atoms with Gasteiger partial charge < -0.3 is 14.4 Å². The fourth-order valence-corrected chi connectivity index (χ4v) is 3.41. The number of carbonyl (C=O) groups excluding carboxylic acids is 1. The first kappa shape index (κ1) is 17.8. The van der Waals surface area contributed by atoms with Crippen molar-refractivity contribution >= 4 is 17.7 Å². The largest absolute Gasteiger partial charge is 0.497 e. The predicted octanol–water partition coefficient (Wildman–Crippen LogP) is 3.50. The van der Waals surface area contributed by atoms with Crippen LogP contribution >= 0.6 is 11.8 Å². The number of hydrogen-bond donors (Lipinski definition) is 0. The van der Waals surface area contributed by atoms with Crippen LogP contribution in [-0.2, 0) is 11.2 Å². The number of benzene rings is 2. The van der Waals surface area contributed by atoms with Gasteiger partial charge in [-0.25, -0.2) is 0 Å². The summed E-state index contributed by atoms with van der Waals surface area (Å²) in [4.78, 5) is 15.8. The number of rotatable bonds is 5. The number of methoxy groups -OCH3 is 1. The minimum Gasteiger partial charge on any atom is -0.497 e. The van der Waals surface area contributed by atoms with Gasteiger partial charge in [-0.15, -0.1) is 11.8 Å². The van der Waals surface area contributed by atoms with Crippen LogP contribution in [0, 0.1) is 0 Å². The van der Waals surface area contributed by atoms with Crippen LogP contribution in [0.15, 0.2) is 53.4 Å². The zero-order valence-corrected chi connectivity index (χ0v) is 15.4. The lowest BCUT2D eigenvalue weighted by molar-refractivity contribution is -0.0208. The normalized spacial score (nSPS) is 17.4. The molecule has 1 saturated heterocycles. The molecule has 2 aromatic carbocycles. The molecular weight excluding hydrogens is 334 g/mol. The first-order valence-electron chi connectivity index (χ1n) is 8.37. The Morgan fingerprint density at radius 1 is 1.28 bits per heavy atom. The van der Waals surface area contributed by atoms with Crippen molar-refractivity contribution in [2.24, 2.45) is 0 Å². The lowest BCUT2D eigenvalue weighted by atomic mass is 10.1. The fraction of sp³-hybridized carbons (Fsp3) is 0.350. The van der Waals surface area contributed by atoms with Gasteiger partial charge in [-0.05, 0) is 48.2 Å². The van der Waals surface area contributed by atoms with Gasteiger partial charge in [0.15, 0.2) is 0 Å². The maximum atomic E-state index is 12.7. The number of nitrogens with zero attached hydrogens (tertiary/aromatic N) is 1. The van der Waals surface area contributed by atoms with Gasteiger partial charge in [-0.1, -0.05) is 12.1 Å². The highest BCUT2D eigenvalue weighted by Crippen LogP contribution is 2.19. The average Bonchev–Trinajstić information content (AvgIpc) is 2.68. The zero-order valence-electron chi connectivity index (χ0n) is 14.6. The van der Waals surface area contributed by atoms with Crippen molar-refractivity contribution in [3.63, 3.8) is 0 Å². The van der Waals surface area contributed by atoms with Crippen molar-refractivity contribution in [3.8, 4) is 5.75 Å². The minimum atomic E-state index is 0.00952. The summed E-state index contributed by atoms with van der Waals surface area (Å²) in [6.07, 6.45) is 2.81. The van der Waals surface area contributed by atoms with E-state index in [-0.39, 0.29) is 12.0 Å². The van der Waals surface area contributed by atoms with Crippen LogP contribution in [0.4, 0.5) is 0 Å². The molecule has 1 amide bonds. The zero-order chi connectivity index (χ0) is 17.6. The Balaban J connectivity index is 1.64. The molecule has 0 radical (unpaired) electrons. The Bertz CT molecular complexity index is 717. The van der Waals surface area contributed by atoms with E-state index in [1.165, 1.54) is 0 Å². The molecule has 1 unspecified atom stereocenters. The monoisotopic (exact) mass is 357 g/mol. The summed E-state index contributed by atoms with van der Waals surface area (Å²) >= 11 is 1.67. The SMILES string of the molecule is COc1cccc(CC2CN(C(=O)c3ccc(SC)cc3)CCO2)c1. The maximum Gasteiger partial charge on any atom is 0.254 e. The lowest BCUT2D eigenvalue weighted by Crippen LogP contribution is -2.46. The highest BCUT2D eigenvalue weighted by atomic mass is 32.2. The number of morpholine rings is 1. The van der Waals surface area contributed by atoms with Crippen LogP contribution < -0.4 is 4.74 Å². The van der Waals surface area contributed by atoms with Crippen LogP contribution in [0.1, 0.15) is 15.9 Å². The van der Waals surface area contributed by atoms with E-state index in [4.69, 9.17) is 9.47 Å². The summed E-state index contributed by atoms with van der Waals surface area (Å²) in [7, 11) is 1.67. The molecule has 0 spiro atoms. The molecule has 0 N–H and O–H groups in total. The molecule has 0 aromatic heterocycles. The van der Waals surface area contributed by atoms with E-state index >= 15 is 0 Å². The van der Waals surface area contributed by atoms with Gasteiger partial charge in [0, 0.05) is 30.0 Å². The molecule has 0 saturated carbocycles. The van der Waals surface area contributed by atoms with Gasteiger partial charge in [0.1, 0.15) is 5.75 Å².